The van der Waals surface area contributed by atoms with E-state index in [9.17, 15) is 0 Å². The Labute approximate surface area is 111 Å². The minimum absolute atomic E-state index is 0.0819. The quantitative estimate of drug-likeness (QED) is 0.741. The summed E-state index contributed by atoms with van der Waals surface area (Å²) in [6.45, 7) is 11.8. The van der Waals surface area contributed by atoms with Gasteiger partial charge in [0.25, 0.3) is 0 Å². The van der Waals surface area contributed by atoms with E-state index in [1.54, 1.807) is 0 Å². The van der Waals surface area contributed by atoms with Crippen molar-refractivity contribution in [2.24, 2.45) is 0 Å². The van der Waals surface area contributed by atoms with Gasteiger partial charge in [-0.15, -0.1) is 0 Å². The van der Waals surface area contributed by atoms with Gasteiger partial charge >= 0.3 is 0 Å². The molecule has 0 radical (unpaired) electrons. The normalized spacial score (nSPS) is 19.1. The molecule has 18 heavy (non-hydrogen) atoms. The number of unbranched alkanes of at least 4 members (excludes halogenated alkanes) is 1. The maximum Gasteiger partial charge on any atom is 0.0450 e. The van der Waals surface area contributed by atoms with E-state index >= 15 is 0 Å². The number of para-hydroxylation sites is 1. The summed E-state index contributed by atoms with van der Waals surface area (Å²) in [5, 5.41) is 0. The Bertz CT molecular complexity index is 468. The highest BCUT2D eigenvalue weighted by Crippen LogP contribution is 2.47. The second kappa shape index (κ2) is 5.01. The summed E-state index contributed by atoms with van der Waals surface area (Å²) in [4.78, 5) is 2.46. The Kier molecular flexibility index (Phi) is 3.60. The number of hydrogen-bond donors (Lipinski definition) is 0. The van der Waals surface area contributed by atoms with Crippen molar-refractivity contribution in [3.8, 4) is 0 Å². The Hall–Kier alpha value is -1.50. The van der Waals surface area contributed by atoms with E-state index in [1.807, 2.05) is 6.08 Å². The highest BCUT2D eigenvalue weighted by molar-refractivity contribution is 5.70. The van der Waals surface area contributed by atoms with Crippen molar-refractivity contribution in [2.75, 3.05) is 11.4 Å². The van der Waals surface area contributed by atoms with E-state index < -0.39 is 0 Å². The lowest BCUT2D eigenvalue weighted by Crippen LogP contribution is -2.26. The zero-order valence-corrected chi connectivity index (χ0v) is 11.7. The molecule has 2 rings (SSSR count). The van der Waals surface area contributed by atoms with Crippen LogP contribution in [0, 0.1) is 0 Å². The first kappa shape index (κ1) is 12.9. The molecule has 0 unspecified atom stereocenters. The molecule has 0 aromatic heterocycles. The maximum atomic E-state index is 3.86. The molecular weight excluding hydrogens is 218 g/mol. The summed E-state index contributed by atoms with van der Waals surface area (Å²) in [6, 6.07) is 8.75. The standard InChI is InChI=1S/C17H23N/c1-5-7-13-18-15-12-9-8-11-14(15)17(3,4)16(18)10-6-2/h6,8-12H,2,5,7,13H2,1,3-4H3. The second-order valence-corrected chi connectivity index (χ2v) is 5.43. The maximum absolute atomic E-state index is 3.86. The van der Waals surface area contributed by atoms with Gasteiger partial charge < -0.3 is 4.90 Å². The highest BCUT2D eigenvalue weighted by Gasteiger charge is 2.38. The zero-order chi connectivity index (χ0) is 13.2. The Balaban J connectivity index is 2.49. The van der Waals surface area contributed by atoms with Crippen LogP contribution in [-0.2, 0) is 5.41 Å². The van der Waals surface area contributed by atoms with Crippen molar-refractivity contribution in [2.45, 2.75) is 39.0 Å². The fraction of sp³-hybridized carbons (Fsp3) is 0.412. The second-order valence-electron chi connectivity index (χ2n) is 5.43. The van der Waals surface area contributed by atoms with E-state index in [1.165, 1.54) is 29.8 Å². The average Bonchev–Trinajstić information content (AvgIpc) is 2.58. The lowest BCUT2D eigenvalue weighted by Gasteiger charge is -2.26. The van der Waals surface area contributed by atoms with E-state index in [2.05, 4.69) is 62.6 Å². The molecule has 0 amide bonds. The molecule has 1 nitrogen and oxygen atoms in total. The topological polar surface area (TPSA) is 3.24 Å². The Morgan fingerprint density at radius 2 is 2.00 bits per heavy atom. The van der Waals surface area contributed by atoms with Crippen LogP contribution in [0.25, 0.3) is 0 Å². The molecular formula is C17H23N. The molecule has 0 N–H and O–H groups in total. The molecule has 1 aromatic rings. The molecule has 1 aromatic carbocycles. The number of fused-ring (bicyclic) bond motifs is 1. The van der Waals surface area contributed by atoms with Gasteiger partial charge in [0, 0.05) is 23.3 Å². The minimum Gasteiger partial charge on any atom is -0.344 e. The highest BCUT2D eigenvalue weighted by atomic mass is 15.2. The SMILES string of the molecule is C=CC=C1N(CCCC)c2ccccc2C1(C)C. The molecule has 1 aliphatic heterocycles. The number of benzene rings is 1. The zero-order valence-electron chi connectivity index (χ0n) is 11.7. The number of rotatable bonds is 4. The molecule has 0 atom stereocenters. The van der Waals surface area contributed by atoms with Crippen molar-refractivity contribution in [1.82, 2.24) is 0 Å². The van der Waals surface area contributed by atoms with Crippen LogP contribution in [-0.4, -0.2) is 6.54 Å². The van der Waals surface area contributed by atoms with E-state index in [-0.39, 0.29) is 5.41 Å². The summed E-state index contributed by atoms with van der Waals surface area (Å²) in [5.41, 5.74) is 4.24. The lowest BCUT2D eigenvalue weighted by molar-refractivity contribution is 0.624. The van der Waals surface area contributed by atoms with Gasteiger partial charge in [0.2, 0.25) is 0 Å². The molecule has 0 bridgehead atoms. The van der Waals surface area contributed by atoms with Gasteiger partial charge in [-0.25, -0.2) is 0 Å². The van der Waals surface area contributed by atoms with Crippen molar-refractivity contribution in [3.05, 3.63) is 54.3 Å². The largest absolute Gasteiger partial charge is 0.344 e. The summed E-state index contributed by atoms with van der Waals surface area (Å²) in [7, 11) is 0. The lowest BCUT2D eigenvalue weighted by atomic mass is 9.84. The fourth-order valence-corrected chi connectivity index (χ4v) is 2.81. The van der Waals surface area contributed by atoms with Crippen LogP contribution < -0.4 is 4.90 Å². The number of nitrogens with zero attached hydrogens (tertiary/aromatic N) is 1. The first-order chi connectivity index (χ1) is 8.62. The number of hydrogen-bond acceptors (Lipinski definition) is 1. The third-order valence-electron chi connectivity index (χ3n) is 3.81. The molecule has 0 aliphatic carbocycles. The summed E-state index contributed by atoms with van der Waals surface area (Å²) < 4.78 is 0. The molecule has 0 saturated heterocycles. The smallest absolute Gasteiger partial charge is 0.0450 e. The van der Waals surface area contributed by atoms with Crippen LogP contribution in [0.4, 0.5) is 5.69 Å². The molecule has 0 spiro atoms. The molecule has 1 aliphatic rings. The predicted molar refractivity (Wildman–Crippen MR) is 80.0 cm³/mol. The predicted octanol–water partition coefficient (Wildman–Crippen LogP) is 4.65. The molecule has 0 saturated carbocycles. The summed E-state index contributed by atoms with van der Waals surface area (Å²) in [6.07, 6.45) is 6.51. The van der Waals surface area contributed by atoms with Crippen LogP contribution in [0.1, 0.15) is 39.2 Å². The van der Waals surface area contributed by atoms with E-state index in [0.29, 0.717) is 0 Å². The molecule has 0 fully saturated rings. The third-order valence-corrected chi connectivity index (χ3v) is 3.81. The van der Waals surface area contributed by atoms with Gasteiger partial charge in [0.05, 0.1) is 0 Å². The van der Waals surface area contributed by atoms with Gasteiger partial charge in [-0.05, 0) is 24.1 Å². The van der Waals surface area contributed by atoms with Crippen molar-refractivity contribution in [3.63, 3.8) is 0 Å². The number of anilines is 1. The summed E-state index contributed by atoms with van der Waals surface area (Å²) in [5.74, 6) is 0. The fourth-order valence-electron chi connectivity index (χ4n) is 2.81. The summed E-state index contributed by atoms with van der Waals surface area (Å²) >= 11 is 0. The molecule has 96 valence electrons. The Morgan fingerprint density at radius 1 is 1.28 bits per heavy atom. The van der Waals surface area contributed by atoms with Crippen LogP contribution in [0.3, 0.4) is 0 Å². The van der Waals surface area contributed by atoms with Crippen LogP contribution in [0.5, 0.6) is 0 Å². The van der Waals surface area contributed by atoms with E-state index in [4.69, 9.17) is 0 Å². The Morgan fingerprint density at radius 3 is 2.67 bits per heavy atom. The van der Waals surface area contributed by atoms with Gasteiger partial charge in [0.1, 0.15) is 0 Å². The van der Waals surface area contributed by atoms with Crippen LogP contribution in [0.15, 0.2) is 48.7 Å². The third kappa shape index (κ3) is 1.98. The van der Waals surface area contributed by atoms with Crippen molar-refractivity contribution in [1.29, 1.82) is 0 Å². The van der Waals surface area contributed by atoms with Crippen molar-refractivity contribution < 1.29 is 0 Å². The monoisotopic (exact) mass is 241 g/mol. The van der Waals surface area contributed by atoms with Crippen molar-refractivity contribution >= 4 is 5.69 Å². The van der Waals surface area contributed by atoms with Gasteiger partial charge in [-0.3, -0.25) is 0 Å². The van der Waals surface area contributed by atoms with Gasteiger partial charge in [-0.2, -0.15) is 0 Å². The van der Waals surface area contributed by atoms with Gasteiger partial charge in [-0.1, -0.05) is 58.0 Å². The molecule has 1 heteroatoms. The minimum atomic E-state index is 0.0819. The average molecular weight is 241 g/mol. The van der Waals surface area contributed by atoms with Gasteiger partial charge in [0.15, 0.2) is 0 Å². The number of allylic oxidation sites excluding steroid dienone is 3. The van der Waals surface area contributed by atoms with Crippen LogP contribution >= 0.6 is 0 Å². The van der Waals surface area contributed by atoms with Crippen LogP contribution in [0.2, 0.25) is 0 Å². The first-order valence-electron chi connectivity index (χ1n) is 6.83. The molecule has 1 heterocycles. The van der Waals surface area contributed by atoms with E-state index in [0.717, 1.165) is 6.54 Å². The first-order valence-corrected chi connectivity index (χ1v) is 6.83.